The van der Waals surface area contributed by atoms with Gasteiger partial charge in [0, 0.05) is 23.9 Å². The third kappa shape index (κ3) is 1.81. The number of carbonyl (C=O) groups is 1. The summed E-state index contributed by atoms with van der Waals surface area (Å²) in [6.45, 7) is 3.55. The van der Waals surface area contributed by atoms with Crippen LogP contribution in [0.25, 0.3) is 0 Å². The molecule has 0 unspecified atom stereocenters. The summed E-state index contributed by atoms with van der Waals surface area (Å²) in [5.41, 5.74) is 0. The quantitative estimate of drug-likeness (QED) is 0.457. The van der Waals surface area contributed by atoms with Crippen molar-refractivity contribution < 1.29 is 4.79 Å². The highest BCUT2D eigenvalue weighted by Gasteiger charge is 2.20. The van der Waals surface area contributed by atoms with E-state index in [0.717, 1.165) is 13.1 Å². The minimum atomic E-state index is 0.217. The van der Waals surface area contributed by atoms with Crippen molar-refractivity contribution in [2.24, 2.45) is 0 Å². The summed E-state index contributed by atoms with van der Waals surface area (Å²) in [7, 11) is 0. The summed E-state index contributed by atoms with van der Waals surface area (Å²) in [4.78, 5) is 12.6. The molecule has 1 aliphatic rings. The zero-order valence-electron chi connectivity index (χ0n) is 5.43. The Hall–Kier alpha value is 0.200. The van der Waals surface area contributed by atoms with E-state index in [2.05, 4.69) is 22.6 Å². The zero-order valence-corrected chi connectivity index (χ0v) is 7.59. The third-order valence-corrected chi connectivity index (χ3v) is 2.59. The number of hydrogen-bond acceptors (Lipinski definition) is 1. The van der Waals surface area contributed by atoms with E-state index in [1.807, 2.05) is 4.90 Å². The molecule has 1 saturated heterocycles. The van der Waals surface area contributed by atoms with E-state index >= 15 is 0 Å². The molecule has 1 amide bonds. The Bertz CT molecular complexity index is 126. The molecule has 0 bridgehead atoms. The number of nitrogens with zero attached hydrogens (tertiary/aromatic N) is 1. The summed E-state index contributed by atoms with van der Waals surface area (Å²) in [5, 5.41) is 0. The van der Waals surface area contributed by atoms with Gasteiger partial charge in [-0.3, -0.25) is 4.79 Å². The van der Waals surface area contributed by atoms with Crippen LogP contribution in [-0.4, -0.2) is 27.8 Å². The maximum Gasteiger partial charge on any atom is 0.219 e. The Morgan fingerprint density at radius 2 is 2.44 bits per heavy atom. The van der Waals surface area contributed by atoms with Crippen molar-refractivity contribution in [2.45, 2.75) is 17.3 Å². The second kappa shape index (κ2) is 2.86. The molecule has 1 heterocycles. The molecule has 1 aliphatic heterocycles. The largest absolute Gasteiger partial charge is 0.342 e. The fourth-order valence-corrected chi connectivity index (χ4v) is 1.76. The Morgan fingerprint density at radius 1 is 1.78 bits per heavy atom. The van der Waals surface area contributed by atoms with E-state index in [-0.39, 0.29) is 5.91 Å². The van der Waals surface area contributed by atoms with Gasteiger partial charge in [0.2, 0.25) is 5.91 Å². The average Bonchev–Trinajstić information content (AvgIpc) is 2.14. The molecular formula is C6H10INO. The van der Waals surface area contributed by atoms with Crippen LogP contribution in [0.1, 0.15) is 13.3 Å². The predicted octanol–water partition coefficient (Wildman–Crippen LogP) is 1.04. The summed E-state index contributed by atoms with van der Waals surface area (Å²) in [6, 6.07) is 0. The molecule has 0 aromatic rings. The molecule has 2 nitrogen and oxygen atoms in total. The minimum absolute atomic E-state index is 0.217. The number of likely N-dealkylation sites (tertiary alicyclic amines) is 1. The number of alkyl halides is 1. The second-order valence-corrected chi connectivity index (χ2v) is 4.11. The maximum absolute atomic E-state index is 10.7. The average molecular weight is 239 g/mol. The molecule has 1 atom stereocenters. The Morgan fingerprint density at radius 3 is 2.67 bits per heavy atom. The summed E-state index contributed by atoms with van der Waals surface area (Å²) < 4.78 is 0.687. The maximum atomic E-state index is 10.7. The first kappa shape index (κ1) is 7.31. The Labute approximate surface area is 68.7 Å². The molecule has 0 aromatic heterocycles. The fourth-order valence-electron chi connectivity index (χ4n) is 1.00. The van der Waals surface area contributed by atoms with Gasteiger partial charge in [-0.2, -0.15) is 0 Å². The predicted molar refractivity (Wildman–Crippen MR) is 44.7 cm³/mol. The molecule has 1 fully saturated rings. The molecule has 3 heteroatoms. The van der Waals surface area contributed by atoms with Crippen LogP contribution in [-0.2, 0) is 4.79 Å². The molecule has 0 aliphatic carbocycles. The summed E-state index contributed by atoms with van der Waals surface area (Å²) in [5.74, 6) is 0.217. The van der Waals surface area contributed by atoms with Gasteiger partial charge in [-0.05, 0) is 6.42 Å². The molecule has 0 saturated carbocycles. The third-order valence-electron chi connectivity index (χ3n) is 1.58. The number of hydrogen-bond donors (Lipinski definition) is 0. The topological polar surface area (TPSA) is 20.3 Å². The van der Waals surface area contributed by atoms with Crippen molar-refractivity contribution in [3.8, 4) is 0 Å². The highest BCUT2D eigenvalue weighted by atomic mass is 127. The van der Waals surface area contributed by atoms with Gasteiger partial charge in [0.25, 0.3) is 0 Å². The van der Waals surface area contributed by atoms with Crippen LogP contribution in [0, 0.1) is 0 Å². The molecule has 0 spiro atoms. The van der Waals surface area contributed by atoms with Gasteiger partial charge in [-0.25, -0.2) is 0 Å². The Balaban J connectivity index is 2.39. The van der Waals surface area contributed by atoms with Crippen molar-refractivity contribution in [1.29, 1.82) is 0 Å². The Kier molecular flexibility index (Phi) is 2.32. The number of halogens is 1. The number of carbonyl (C=O) groups excluding carboxylic acids is 1. The first-order valence-corrected chi connectivity index (χ1v) is 4.34. The van der Waals surface area contributed by atoms with Gasteiger partial charge in [-0.1, -0.05) is 22.6 Å². The first-order chi connectivity index (χ1) is 4.20. The summed E-state index contributed by atoms with van der Waals surface area (Å²) in [6.07, 6.45) is 1.17. The lowest BCUT2D eigenvalue weighted by atomic mass is 10.4. The van der Waals surface area contributed by atoms with Crippen LogP contribution in [0.2, 0.25) is 0 Å². The van der Waals surface area contributed by atoms with Crippen molar-refractivity contribution in [2.75, 3.05) is 13.1 Å². The van der Waals surface area contributed by atoms with Crippen molar-refractivity contribution in [3.05, 3.63) is 0 Å². The molecule has 0 radical (unpaired) electrons. The van der Waals surface area contributed by atoms with Crippen LogP contribution in [0.3, 0.4) is 0 Å². The van der Waals surface area contributed by atoms with E-state index in [0.29, 0.717) is 3.92 Å². The highest BCUT2D eigenvalue weighted by Crippen LogP contribution is 2.16. The van der Waals surface area contributed by atoms with E-state index in [1.54, 1.807) is 6.92 Å². The van der Waals surface area contributed by atoms with Crippen LogP contribution in [0.4, 0.5) is 0 Å². The minimum Gasteiger partial charge on any atom is -0.342 e. The lowest BCUT2D eigenvalue weighted by Gasteiger charge is -2.10. The SMILES string of the molecule is CC(=O)N1CC[C@H](I)C1. The molecule has 0 aromatic carbocycles. The van der Waals surface area contributed by atoms with E-state index in [4.69, 9.17) is 0 Å². The zero-order chi connectivity index (χ0) is 6.85. The smallest absolute Gasteiger partial charge is 0.219 e. The molecule has 1 rings (SSSR count). The van der Waals surface area contributed by atoms with E-state index < -0.39 is 0 Å². The van der Waals surface area contributed by atoms with Crippen LogP contribution in [0.15, 0.2) is 0 Å². The van der Waals surface area contributed by atoms with Gasteiger partial charge in [0.1, 0.15) is 0 Å². The van der Waals surface area contributed by atoms with E-state index in [1.165, 1.54) is 6.42 Å². The van der Waals surface area contributed by atoms with Crippen molar-refractivity contribution >= 4 is 28.5 Å². The monoisotopic (exact) mass is 239 g/mol. The second-order valence-electron chi connectivity index (χ2n) is 2.35. The van der Waals surface area contributed by atoms with Crippen molar-refractivity contribution in [1.82, 2.24) is 4.90 Å². The standard InChI is InChI=1S/C6H10INO/c1-5(9)8-3-2-6(7)4-8/h6H,2-4H2,1H3/t6-/m0/s1. The van der Waals surface area contributed by atoms with E-state index in [9.17, 15) is 4.79 Å². The molecule has 0 N–H and O–H groups in total. The van der Waals surface area contributed by atoms with Gasteiger partial charge in [0.05, 0.1) is 0 Å². The van der Waals surface area contributed by atoms with Gasteiger partial charge >= 0.3 is 0 Å². The van der Waals surface area contributed by atoms with Gasteiger partial charge in [0.15, 0.2) is 0 Å². The number of rotatable bonds is 0. The fraction of sp³-hybridized carbons (Fsp3) is 0.833. The lowest BCUT2D eigenvalue weighted by Crippen LogP contribution is -2.25. The first-order valence-electron chi connectivity index (χ1n) is 3.09. The highest BCUT2D eigenvalue weighted by molar-refractivity contribution is 14.1. The van der Waals surface area contributed by atoms with Gasteiger partial charge in [-0.15, -0.1) is 0 Å². The van der Waals surface area contributed by atoms with Crippen LogP contribution < -0.4 is 0 Å². The molecule has 52 valence electrons. The lowest BCUT2D eigenvalue weighted by molar-refractivity contribution is -0.127. The normalized spacial score (nSPS) is 26.9. The number of amides is 1. The van der Waals surface area contributed by atoms with Crippen molar-refractivity contribution in [3.63, 3.8) is 0 Å². The summed E-state index contributed by atoms with van der Waals surface area (Å²) >= 11 is 2.39. The molecular weight excluding hydrogens is 229 g/mol. The van der Waals surface area contributed by atoms with Crippen LogP contribution in [0.5, 0.6) is 0 Å². The molecule has 9 heavy (non-hydrogen) atoms. The van der Waals surface area contributed by atoms with Gasteiger partial charge < -0.3 is 4.90 Å². The van der Waals surface area contributed by atoms with Crippen LogP contribution >= 0.6 is 22.6 Å².